The summed E-state index contributed by atoms with van der Waals surface area (Å²) >= 11 is 0. The predicted octanol–water partition coefficient (Wildman–Crippen LogP) is 2.46. The van der Waals surface area contributed by atoms with Gasteiger partial charge in [-0.1, -0.05) is 19.8 Å². The van der Waals surface area contributed by atoms with Crippen molar-refractivity contribution in [1.82, 2.24) is 10.2 Å². The third-order valence-electron chi connectivity index (χ3n) is 4.60. The number of rotatable bonds is 4. The van der Waals surface area contributed by atoms with E-state index in [2.05, 4.69) is 17.1 Å². The molecule has 4 nitrogen and oxygen atoms in total. The molecule has 118 valence electrons. The maximum Gasteiger partial charge on any atom is 0.193 e. The average molecular weight is 395 g/mol. The lowest BCUT2D eigenvalue weighted by Gasteiger charge is -2.26. The highest BCUT2D eigenvalue weighted by Crippen LogP contribution is 2.45. The summed E-state index contributed by atoms with van der Waals surface area (Å²) in [5.74, 6) is 1.29. The van der Waals surface area contributed by atoms with Crippen LogP contribution in [-0.2, 0) is 0 Å². The van der Waals surface area contributed by atoms with Crippen LogP contribution in [0, 0.1) is 11.3 Å². The van der Waals surface area contributed by atoms with Gasteiger partial charge >= 0.3 is 0 Å². The van der Waals surface area contributed by atoms with E-state index < -0.39 is 0 Å². The van der Waals surface area contributed by atoms with Crippen molar-refractivity contribution in [2.75, 3.05) is 32.8 Å². The van der Waals surface area contributed by atoms with Crippen molar-refractivity contribution in [2.45, 2.75) is 46.0 Å². The van der Waals surface area contributed by atoms with E-state index >= 15 is 0 Å². The van der Waals surface area contributed by atoms with Gasteiger partial charge in [-0.3, -0.25) is 4.99 Å². The molecular weight excluding hydrogens is 365 g/mol. The first-order chi connectivity index (χ1) is 9.19. The Balaban J connectivity index is 0.00000200. The Morgan fingerprint density at radius 2 is 2.05 bits per heavy atom. The fraction of sp³-hybridized carbons (Fsp3) is 0.933. The van der Waals surface area contributed by atoms with Crippen molar-refractivity contribution in [1.29, 1.82) is 0 Å². The second-order valence-corrected chi connectivity index (χ2v) is 6.36. The molecule has 1 aliphatic heterocycles. The monoisotopic (exact) mass is 395 g/mol. The van der Waals surface area contributed by atoms with Crippen LogP contribution in [0.25, 0.3) is 0 Å². The van der Waals surface area contributed by atoms with Gasteiger partial charge in [-0.05, 0) is 37.5 Å². The molecule has 0 aromatic heterocycles. The van der Waals surface area contributed by atoms with Crippen molar-refractivity contribution in [3.05, 3.63) is 0 Å². The zero-order valence-corrected chi connectivity index (χ0v) is 15.2. The lowest BCUT2D eigenvalue weighted by molar-refractivity contribution is 0.241. The number of likely N-dealkylation sites (tertiary alicyclic amines) is 1. The van der Waals surface area contributed by atoms with Crippen molar-refractivity contribution >= 4 is 29.9 Å². The van der Waals surface area contributed by atoms with Gasteiger partial charge in [0.25, 0.3) is 0 Å². The van der Waals surface area contributed by atoms with Crippen LogP contribution in [0.1, 0.15) is 46.0 Å². The number of hydrogen-bond donors (Lipinski definition) is 2. The molecule has 1 heterocycles. The summed E-state index contributed by atoms with van der Waals surface area (Å²) in [6.07, 6.45) is 6.94. The summed E-state index contributed by atoms with van der Waals surface area (Å²) in [6, 6.07) is 0. The van der Waals surface area contributed by atoms with E-state index in [0.717, 1.165) is 19.0 Å². The van der Waals surface area contributed by atoms with Gasteiger partial charge in [0, 0.05) is 32.8 Å². The summed E-state index contributed by atoms with van der Waals surface area (Å²) in [7, 11) is 0. The van der Waals surface area contributed by atoms with Crippen LogP contribution in [0.4, 0.5) is 0 Å². The maximum absolute atomic E-state index is 9.11. The predicted molar refractivity (Wildman–Crippen MR) is 94.7 cm³/mol. The van der Waals surface area contributed by atoms with Gasteiger partial charge in [0.2, 0.25) is 0 Å². The molecule has 20 heavy (non-hydrogen) atoms. The molecule has 0 aromatic carbocycles. The molecule has 1 atom stereocenters. The van der Waals surface area contributed by atoms with E-state index in [0.29, 0.717) is 12.0 Å². The molecule has 2 fully saturated rings. The highest BCUT2D eigenvalue weighted by Gasteiger charge is 2.41. The van der Waals surface area contributed by atoms with E-state index in [9.17, 15) is 0 Å². The number of halogens is 1. The molecular formula is C15H30IN3O. The molecule has 5 heteroatoms. The highest BCUT2D eigenvalue weighted by molar-refractivity contribution is 14.0. The average Bonchev–Trinajstić information content (AvgIpc) is 3.05. The fourth-order valence-corrected chi connectivity index (χ4v) is 3.37. The molecule has 2 N–H and O–H groups in total. The molecule has 1 saturated heterocycles. The molecule has 0 bridgehead atoms. The maximum atomic E-state index is 9.11. The Kier molecular flexibility index (Phi) is 7.58. The van der Waals surface area contributed by atoms with E-state index in [-0.39, 0.29) is 36.5 Å². The molecule has 1 saturated carbocycles. The number of hydrogen-bond acceptors (Lipinski definition) is 2. The molecule has 1 unspecified atom stereocenters. The second-order valence-electron chi connectivity index (χ2n) is 6.36. The van der Waals surface area contributed by atoms with Crippen molar-refractivity contribution in [2.24, 2.45) is 16.3 Å². The Bertz CT molecular complexity index is 316. The van der Waals surface area contributed by atoms with Gasteiger partial charge in [-0.25, -0.2) is 0 Å². The first-order valence-corrected chi connectivity index (χ1v) is 7.83. The molecule has 1 spiro atoms. The van der Waals surface area contributed by atoms with Crippen LogP contribution in [0.15, 0.2) is 4.99 Å². The number of guanidine groups is 1. The van der Waals surface area contributed by atoms with Gasteiger partial charge in [0.05, 0.1) is 0 Å². The van der Waals surface area contributed by atoms with Crippen LogP contribution in [-0.4, -0.2) is 48.8 Å². The number of nitrogens with one attached hydrogen (secondary N) is 1. The zero-order valence-electron chi connectivity index (χ0n) is 12.9. The van der Waals surface area contributed by atoms with Crippen LogP contribution in [0.5, 0.6) is 0 Å². The summed E-state index contributed by atoms with van der Waals surface area (Å²) in [5.41, 5.74) is 0.582. The lowest BCUT2D eigenvalue weighted by atomic mass is 9.86. The second kappa shape index (κ2) is 8.41. The standard InChI is InChI=1S/C15H29N3O.HI/c1-3-16-14(17-10-13(2)11-19)18-9-8-15(12-18)6-4-5-7-15;/h13,19H,3-12H2,1-2H3,(H,16,17);1H. The van der Waals surface area contributed by atoms with E-state index in [4.69, 9.17) is 10.1 Å². The van der Waals surface area contributed by atoms with Crippen molar-refractivity contribution in [3.8, 4) is 0 Å². The van der Waals surface area contributed by atoms with Crippen LogP contribution < -0.4 is 5.32 Å². The Hall–Kier alpha value is -0.0400. The molecule has 1 aliphatic carbocycles. The number of aliphatic hydroxyl groups excluding tert-OH is 1. The normalized spacial score (nSPS) is 22.9. The topological polar surface area (TPSA) is 47.9 Å². The minimum Gasteiger partial charge on any atom is -0.396 e. The van der Waals surface area contributed by atoms with E-state index in [1.807, 2.05) is 6.92 Å². The van der Waals surface area contributed by atoms with Crippen LogP contribution in [0.2, 0.25) is 0 Å². The molecule has 2 aliphatic rings. The Morgan fingerprint density at radius 1 is 1.35 bits per heavy atom. The zero-order chi connectivity index (χ0) is 13.7. The number of nitrogens with zero attached hydrogens (tertiary/aromatic N) is 2. The molecule has 0 aromatic rings. The van der Waals surface area contributed by atoms with Crippen LogP contribution >= 0.6 is 24.0 Å². The SMILES string of the molecule is CCNC(=NCC(C)CO)N1CCC2(CCCC2)C1.I. The highest BCUT2D eigenvalue weighted by atomic mass is 127. The smallest absolute Gasteiger partial charge is 0.193 e. The van der Waals surface area contributed by atoms with Gasteiger partial charge < -0.3 is 15.3 Å². The minimum atomic E-state index is 0. The van der Waals surface area contributed by atoms with Crippen LogP contribution in [0.3, 0.4) is 0 Å². The summed E-state index contributed by atoms with van der Waals surface area (Å²) in [6.45, 7) is 8.30. The Morgan fingerprint density at radius 3 is 2.65 bits per heavy atom. The molecule has 2 rings (SSSR count). The van der Waals surface area contributed by atoms with E-state index in [1.54, 1.807) is 0 Å². The fourth-order valence-electron chi connectivity index (χ4n) is 3.37. The van der Waals surface area contributed by atoms with Gasteiger partial charge in [-0.2, -0.15) is 0 Å². The van der Waals surface area contributed by atoms with Crippen molar-refractivity contribution in [3.63, 3.8) is 0 Å². The molecule has 0 amide bonds. The van der Waals surface area contributed by atoms with Gasteiger partial charge in [0.1, 0.15) is 0 Å². The first-order valence-electron chi connectivity index (χ1n) is 7.83. The number of aliphatic hydroxyl groups is 1. The van der Waals surface area contributed by atoms with Crippen molar-refractivity contribution < 1.29 is 5.11 Å². The van der Waals surface area contributed by atoms with Gasteiger partial charge in [0.15, 0.2) is 5.96 Å². The summed E-state index contributed by atoms with van der Waals surface area (Å²) in [5, 5.41) is 12.5. The van der Waals surface area contributed by atoms with E-state index in [1.165, 1.54) is 38.6 Å². The Labute approximate surface area is 140 Å². The quantitative estimate of drug-likeness (QED) is 0.437. The van der Waals surface area contributed by atoms with Gasteiger partial charge in [-0.15, -0.1) is 24.0 Å². The molecule has 0 radical (unpaired) electrons. The largest absolute Gasteiger partial charge is 0.396 e. The minimum absolute atomic E-state index is 0. The third-order valence-corrected chi connectivity index (χ3v) is 4.60. The third kappa shape index (κ3) is 4.48. The lowest BCUT2D eigenvalue weighted by Crippen LogP contribution is -2.41. The summed E-state index contributed by atoms with van der Waals surface area (Å²) < 4.78 is 0. The summed E-state index contributed by atoms with van der Waals surface area (Å²) in [4.78, 5) is 7.12. The number of aliphatic imine (C=N–C) groups is 1. The first kappa shape index (κ1) is 18.0.